The molecule has 2 aromatic heterocycles. The molecule has 0 spiro atoms. The van der Waals surface area contributed by atoms with E-state index in [1.807, 2.05) is 43.3 Å². The summed E-state index contributed by atoms with van der Waals surface area (Å²) >= 11 is 0. The van der Waals surface area contributed by atoms with Crippen molar-refractivity contribution in [3.05, 3.63) is 84.2 Å². The summed E-state index contributed by atoms with van der Waals surface area (Å²) < 4.78 is 29.9. The highest BCUT2D eigenvalue weighted by Crippen LogP contribution is 2.22. The average molecular weight is 378 g/mol. The summed E-state index contributed by atoms with van der Waals surface area (Å²) in [4.78, 5) is 4.35. The molecule has 0 fully saturated rings. The molecule has 0 saturated heterocycles. The number of benzene rings is 2. The van der Waals surface area contributed by atoms with E-state index in [9.17, 15) is 8.42 Å². The number of nitrogens with one attached hydrogen (secondary N) is 1. The molecule has 0 unspecified atom stereocenters. The Morgan fingerprint density at radius 1 is 1.00 bits per heavy atom. The number of pyridine rings is 1. The van der Waals surface area contributed by atoms with Crippen LogP contribution >= 0.6 is 0 Å². The van der Waals surface area contributed by atoms with E-state index >= 15 is 0 Å². The van der Waals surface area contributed by atoms with Crippen LogP contribution < -0.4 is 4.72 Å². The largest absolute Gasteiger partial charge is 0.266 e. The van der Waals surface area contributed by atoms with Gasteiger partial charge in [-0.25, -0.2) is 8.42 Å². The lowest BCUT2D eigenvalue weighted by Crippen LogP contribution is -2.14. The predicted molar refractivity (Wildman–Crippen MR) is 105 cm³/mol. The lowest BCUT2D eigenvalue weighted by atomic mass is 10.1. The zero-order chi connectivity index (χ0) is 18.9. The Morgan fingerprint density at radius 3 is 2.59 bits per heavy atom. The molecular formula is C20H18N4O2S. The van der Waals surface area contributed by atoms with Crippen LogP contribution in [0.3, 0.4) is 0 Å². The summed E-state index contributed by atoms with van der Waals surface area (Å²) in [6, 6.07) is 18.5. The van der Waals surface area contributed by atoms with Gasteiger partial charge in [0.1, 0.15) is 4.90 Å². The minimum absolute atomic E-state index is 0.133. The van der Waals surface area contributed by atoms with Crippen molar-refractivity contribution in [3.8, 4) is 0 Å². The second-order valence-electron chi connectivity index (χ2n) is 6.32. The normalized spacial score (nSPS) is 11.6. The minimum Gasteiger partial charge on any atom is -0.266 e. The molecule has 0 aliphatic carbocycles. The van der Waals surface area contributed by atoms with Crippen LogP contribution in [0.15, 0.2) is 78.0 Å². The first-order valence-electron chi connectivity index (χ1n) is 8.47. The smallest absolute Gasteiger partial charge is 0.265 e. The first-order valence-corrected chi connectivity index (χ1v) is 9.95. The van der Waals surface area contributed by atoms with Gasteiger partial charge >= 0.3 is 0 Å². The molecule has 6 nitrogen and oxygen atoms in total. The molecule has 0 amide bonds. The zero-order valence-electron chi connectivity index (χ0n) is 14.7. The maximum Gasteiger partial charge on any atom is 0.265 e. The molecule has 1 N–H and O–H groups in total. The Morgan fingerprint density at radius 2 is 1.78 bits per heavy atom. The van der Waals surface area contributed by atoms with Gasteiger partial charge in [-0.15, -0.1) is 0 Å². The van der Waals surface area contributed by atoms with Crippen molar-refractivity contribution in [2.45, 2.75) is 18.4 Å². The number of hydrogen-bond donors (Lipinski definition) is 1. The van der Waals surface area contributed by atoms with Crippen LogP contribution in [-0.4, -0.2) is 23.2 Å². The molecule has 0 saturated carbocycles. The topological polar surface area (TPSA) is 76.9 Å². The van der Waals surface area contributed by atoms with Crippen molar-refractivity contribution < 1.29 is 8.42 Å². The van der Waals surface area contributed by atoms with Crippen molar-refractivity contribution in [2.75, 3.05) is 4.72 Å². The second kappa shape index (κ2) is 6.85. The van der Waals surface area contributed by atoms with E-state index < -0.39 is 10.0 Å². The van der Waals surface area contributed by atoms with Crippen LogP contribution in [0.5, 0.6) is 0 Å². The fourth-order valence-electron chi connectivity index (χ4n) is 2.87. The summed E-state index contributed by atoms with van der Waals surface area (Å²) in [5.74, 6) is 0.273. The van der Waals surface area contributed by atoms with Crippen LogP contribution in [-0.2, 0) is 16.6 Å². The Kier molecular flexibility index (Phi) is 4.37. The van der Waals surface area contributed by atoms with E-state index in [0.717, 1.165) is 10.9 Å². The number of rotatable bonds is 5. The molecule has 27 heavy (non-hydrogen) atoms. The van der Waals surface area contributed by atoms with Crippen molar-refractivity contribution in [1.82, 2.24) is 14.8 Å². The fraction of sp³-hybridized carbons (Fsp3) is 0.100. The van der Waals surface area contributed by atoms with Gasteiger partial charge in [0.05, 0.1) is 12.1 Å². The van der Waals surface area contributed by atoms with Gasteiger partial charge in [0.25, 0.3) is 10.0 Å². The summed E-state index contributed by atoms with van der Waals surface area (Å²) in [5.41, 5.74) is 2.72. The van der Waals surface area contributed by atoms with Gasteiger partial charge in [0, 0.05) is 23.8 Å². The van der Waals surface area contributed by atoms with Crippen molar-refractivity contribution in [1.29, 1.82) is 0 Å². The van der Waals surface area contributed by atoms with E-state index in [1.54, 1.807) is 41.3 Å². The van der Waals surface area contributed by atoms with Gasteiger partial charge in [-0.1, -0.05) is 48.0 Å². The summed E-state index contributed by atoms with van der Waals surface area (Å²) in [6.07, 6.45) is 3.33. The van der Waals surface area contributed by atoms with Crippen molar-refractivity contribution in [3.63, 3.8) is 0 Å². The summed E-state index contributed by atoms with van der Waals surface area (Å²) in [7, 11) is -3.79. The number of aromatic nitrogens is 3. The standard InChI is InChI=1S/C20H18N4O2S/c1-15-7-9-16(10-8-15)14-24-13-11-19(22-24)23-27(25,26)18-6-2-4-17-5-3-12-21-20(17)18/h2-13H,14H2,1H3,(H,22,23). The summed E-state index contributed by atoms with van der Waals surface area (Å²) in [5, 5.41) is 5.09. The number of aryl methyl sites for hydroxylation is 1. The third-order valence-corrected chi connectivity index (χ3v) is 5.62. The average Bonchev–Trinajstić information content (AvgIpc) is 3.09. The van der Waals surface area contributed by atoms with Crippen LogP contribution in [0.4, 0.5) is 5.82 Å². The highest BCUT2D eigenvalue weighted by Gasteiger charge is 2.19. The minimum atomic E-state index is -3.79. The molecular weight excluding hydrogens is 360 g/mol. The highest BCUT2D eigenvalue weighted by molar-refractivity contribution is 7.93. The molecule has 0 radical (unpaired) electrons. The van der Waals surface area contributed by atoms with E-state index in [4.69, 9.17) is 0 Å². The van der Waals surface area contributed by atoms with Crippen LogP contribution in [0.1, 0.15) is 11.1 Å². The molecule has 4 aromatic rings. The number of para-hydroxylation sites is 1. The third-order valence-electron chi connectivity index (χ3n) is 4.23. The molecule has 4 rings (SSSR count). The molecule has 0 bridgehead atoms. The van der Waals surface area contributed by atoms with Gasteiger partial charge < -0.3 is 0 Å². The maximum atomic E-state index is 12.8. The Hall–Kier alpha value is -3.19. The number of sulfonamides is 1. The van der Waals surface area contributed by atoms with Crippen molar-refractivity contribution >= 4 is 26.7 Å². The zero-order valence-corrected chi connectivity index (χ0v) is 15.5. The van der Waals surface area contributed by atoms with Gasteiger partial charge in [-0.3, -0.25) is 14.4 Å². The molecule has 2 heterocycles. The first-order chi connectivity index (χ1) is 13.0. The maximum absolute atomic E-state index is 12.8. The molecule has 136 valence electrons. The first kappa shape index (κ1) is 17.2. The van der Waals surface area contributed by atoms with Crippen LogP contribution in [0.25, 0.3) is 10.9 Å². The van der Waals surface area contributed by atoms with E-state index in [-0.39, 0.29) is 10.7 Å². The molecule has 7 heteroatoms. The number of fused-ring (bicyclic) bond motifs is 1. The van der Waals surface area contributed by atoms with Gasteiger partial charge in [0.15, 0.2) is 5.82 Å². The van der Waals surface area contributed by atoms with Crippen LogP contribution in [0.2, 0.25) is 0 Å². The van der Waals surface area contributed by atoms with E-state index in [2.05, 4.69) is 14.8 Å². The monoisotopic (exact) mass is 378 g/mol. The lowest BCUT2D eigenvalue weighted by Gasteiger charge is -2.08. The van der Waals surface area contributed by atoms with E-state index in [0.29, 0.717) is 12.1 Å². The molecule has 0 atom stereocenters. The van der Waals surface area contributed by atoms with Crippen LogP contribution in [0, 0.1) is 6.92 Å². The lowest BCUT2D eigenvalue weighted by molar-refractivity contribution is 0.601. The third kappa shape index (κ3) is 3.68. The summed E-state index contributed by atoms with van der Waals surface area (Å²) in [6.45, 7) is 2.60. The Balaban J connectivity index is 1.58. The number of hydrogen-bond acceptors (Lipinski definition) is 4. The van der Waals surface area contributed by atoms with Gasteiger partial charge in [-0.2, -0.15) is 5.10 Å². The highest BCUT2D eigenvalue weighted by atomic mass is 32.2. The fourth-order valence-corrected chi connectivity index (χ4v) is 4.05. The predicted octanol–water partition coefficient (Wildman–Crippen LogP) is 3.59. The quantitative estimate of drug-likeness (QED) is 0.576. The Labute approximate surface area is 157 Å². The molecule has 0 aliphatic heterocycles. The number of anilines is 1. The molecule has 0 aliphatic rings. The molecule has 2 aromatic carbocycles. The SMILES string of the molecule is Cc1ccc(Cn2ccc(NS(=O)(=O)c3cccc4cccnc34)n2)cc1. The van der Waals surface area contributed by atoms with Crippen molar-refractivity contribution in [2.24, 2.45) is 0 Å². The Bertz CT molecular complexity index is 1190. The second-order valence-corrected chi connectivity index (χ2v) is 7.97. The van der Waals surface area contributed by atoms with E-state index in [1.165, 1.54) is 5.56 Å². The number of nitrogens with zero attached hydrogens (tertiary/aromatic N) is 3. The van der Waals surface area contributed by atoms with Gasteiger partial charge in [0.2, 0.25) is 0 Å². The van der Waals surface area contributed by atoms with Gasteiger partial charge in [-0.05, 0) is 24.6 Å².